The van der Waals surface area contributed by atoms with Gasteiger partial charge in [0.1, 0.15) is 4.88 Å². The number of aryl methyl sites for hydroxylation is 1. The summed E-state index contributed by atoms with van der Waals surface area (Å²) in [5.74, 6) is -0.184. The monoisotopic (exact) mass is 285 g/mol. The molecule has 0 saturated carbocycles. The van der Waals surface area contributed by atoms with Crippen LogP contribution in [0.4, 0.5) is 0 Å². The van der Waals surface area contributed by atoms with Gasteiger partial charge in [-0.1, -0.05) is 23.0 Å². The van der Waals surface area contributed by atoms with Crippen LogP contribution < -0.4 is 5.73 Å². The molecule has 0 radical (unpaired) electrons. The molecule has 0 bridgehead atoms. The highest BCUT2D eigenvalue weighted by atomic mass is 32.1. The summed E-state index contributed by atoms with van der Waals surface area (Å²) in [5, 5.41) is 15.5. The molecule has 0 aromatic carbocycles. The average molecular weight is 285 g/mol. The first kappa shape index (κ1) is 15.4. The number of carbonyl (C=O) groups is 1. The van der Waals surface area contributed by atoms with Gasteiger partial charge in [0.2, 0.25) is 0 Å². The van der Waals surface area contributed by atoms with Gasteiger partial charge in [0.05, 0.1) is 12.2 Å². The van der Waals surface area contributed by atoms with Gasteiger partial charge in [-0.3, -0.25) is 4.79 Å². The molecule has 0 aliphatic carbocycles. The molecule has 106 valence electrons. The van der Waals surface area contributed by atoms with Crippen molar-refractivity contribution in [3.8, 4) is 0 Å². The number of rotatable bonds is 6. The minimum absolute atomic E-state index is 0.00318. The van der Waals surface area contributed by atoms with Crippen LogP contribution in [0.25, 0.3) is 0 Å². The molecule has 0 aliphatic heterocycles. The Kier molecular flexibility index (Phi) is 5.68. The molecule has 1 aromatic heterocycles. The van der Waals surface area contributed by atoms with Crippen LogP contribution in [0.15, 0.2) is 5.16 Å². The van der Waals surface area contributed by atoms with E-state index < -0.39 is 0 Å². The second-order valence-corrected chi connectivity index (χ2v) is 5.17. The Morgan fingerprint density at radius 1 is 1.58 bits per heavy atom. The number of aromatic nitrogens is 2. The van der Waals surface area contributed by atoms with Gasteiger partial charge in [-0.2, -0.15) is 0 Å². The summed E-state index contributed by atoms with van der Waals surface area (Å²) >= 11 is 1.08. The fraction of sp³-hybridized carbons (Fsp3) is 0.636. The van der Waals surface area contributed by atoms with Gasteiger partial charge in [-0.15, -0.1) is 5.10 Å². The maximum absolute atomic E-state index is 12.5. The molecule has 0 fully saturated rings. The Bertz CT molecular complexity index is 458. The van der Waals surface area contributed by atoms with Gasteiger partial charge in [0, 0.05) is 6.04 Å². The van der Waals surface area contributed by atoms with E-state index in [-0.39, 0.29) is 24.3 Å². The third-order valence-corrected chi connectivity index (χ3v) is 3.34. The minimum atomic E-state index is -0.181. The highest BCUT2D eigenvalue weighted by Crippen LogP contribution is 2.16. The Balaban J connectivity index is 2.96. The Morgan fingerprint density at radius 2 is 2.26 bits per heavy atom. The summed E-state index contributed by atoms with van der Waals surface area (Å²) in [4.78, 5) is 14.5. The van der Waals surface area contributed by atoms with Crippen molar-refractivity contribution >= 4 is 23.3 Å². The lowest BCUT2D eigenvalue weighted by Gasteiger charge is -2.25. The molecular weight excluding hydrogens is 266 g/mol. The number of nitrogens with two attached hydrogens (primary N) is 1. The second-order valence-electron chi connectivity index (χ2n) is 4.42. The van der Waals surface area contributed by atoms with E-state index in [9.17, 15) is 4.79 Å². The summed E-state index contributed by atoms with van der Waals surface area (Å²) in [6, 6.07) is -0.0654. The van der Waals surface area contributed by atoms with Crippen LogP contribution in [0.2, 0.25) is 0 Å². The van der Waals surface area contributed by atoms with Gasteiger partial charge in [0.25, 0.3) is 5.91 Å². The van der Waals surface area contributed by atoms with Crippen LogP contribution in [0.5, 0.6) is 0 Å². The smallest absolute Gasteiger partial charge is 0.268 e. The van der Waals surface area contributed by atoms with Crippen LogP contribution >= 0.6 is 11.5 Å². The largest absolute Gasteiger partial charge is 0.409 e. The van der Waals surface area contributed by atoms with Crippen LogP contribution in [0.1, 0.15) is 42.6 Å². The fourth-order valence-corrected chi connectivity index (χ4v) is 2.26. The first-order valence-corrected chi connectivity index (χ1v) is 6.87. The van der Waals surface area contributed by atoms with Crippen molar-refractivity contribution in [1.82, 2.24) is 14.5 Å². The van der Waals surface area contributed by atoms with Crippen molar-refractivity contribution in [1.29, 1.82) is 0 Å². The molecule has 0 unspecified atom stereocenters. The number of hydrogen-bond donors (Lipinski definition) is 2. The molecule has 8 heteroatoms. The number of hydrogen-bond acceptors (Lipinski definition) is 6. The van der Waals surface area contributed by atoms with E-state index in [1.165, 1.54) is 4.90 Å². The molecule has 0 atom stereocenters. The van der Waals surface area contributed by atoms with E-state index in [1.54, 1.807) is 0 Å². The molecular formula is C11H19N5O2S. The van der Waals surface area contributed by atoms with Crippen molar-refractivity contribution in [3.63, 3.8) is 0 Å². The van der Waals surface area contributed by atoms with E-state index in [0.717, 1.165) is 18.0 Å². The summed E-state index contributed by atoms with van der Waals surface area (Å²) in [7, 11) is 0. The van der Waals surface area contributed by atoms with Crippen molar-refractivity contribution in [2.75, 3.05) is 6.54 Å². The predicted octanol–water partition coefficient (Wildman–Crippen LogP) is 1.09. The molecule has 0 saturated heterocycles. The molecule has 7 nitrogen and oxygen atoms in total. The van der Waals surface area contributed by atoms with E-state index in [2.05, 4.69) is 14.7 Å². The third-order valence-electron chi connectivity index (χ3n) is 2.58. The minimum Gasteiger partial charge on any atom is -0.409 e. The topological polar surface area (TPSA) is 105 Å². The first-order chi connectivity index (χ1) is 9.01. The summed E-state index contributed by atoms with van der Waals surface area (Å²) in [6.07, 6.45) is 1.61. The third kappa shape index (κ3) is 3.88. The Hall–Kier alpha value is -1.70. The van der Waals surface area contributed by atoms with Crippen molar-refractivity contribution in [2.24, 2.45) is 10.9 Å². The predicted molar refractivity (Wildman–Crippen MR) is 73.5 cm³/mol. The van der Waals surface area contributed by atoms with Crippen molar-refractivity contribution < 1.29 is 10.0 Å². The summed E-state index contributed by atoms with van der Waals surface area (Å²) in [5.41, 5.74) is 6.19. The molecule has 1 amide bonds. The fourth-order valence-electron chi connectivity index (χ4n) is 1.60. The van der Waals surface area contributed by atoms with E-state index >= 15 is 0 Å². The van der Waals surface area contributed by atoms with Crippen LogP contribution in [-0.2, 0) is 6.42 Å². The molecule has 0 spiro atoms. The zero-order chi connectivity index (χ0) is 14.4. The van der Waals surface area contributed by atoms with Crippen LogP contribution in [-0.4, -0.2) is 44.0 Å². The molecule has 1 aromatic rings. The van der Waals surface area contributed by atoms with Gasteiger partial charge in [0.15, 0.2) is 5.84 Å². The van der Waals surface area contributed by atoms with Gasteiger partial charge in [-0.25, -0.2) is 0 Å². The lowest BCUT2D eigenvalue weighted by Crippen LogP contribution is -2.42. The van der Waals surface area contributed by atoms with Gasteiger partial charge < -0.3 is 15.8 Å². The number of nitrogens with zero attached hydrogens (tertiary/aromatic N) is 4. The number of carbonyl (C=O) groups excluding carboxylic acids is 1. The standard InChI is InChI=1S/C11H19N5O2S/c1-4-5-8-10(19-15-13-8)11(17)16(7(2)3)6-9(12)14-18/h7,18H,4-6H2,1-3H3,(H2,12,14). The quantitative estimate of drug-likeness (QED) is 0.352. The highest BCUT2D eigenvalue weighted by Gasteiger charge is 2.24. The van der Waals surface area contributed by atoms with Gasteiger partial charge in [-0.05, 0) is 31.8 Å². The molecule has 3 N–H and O–H groups in total. The lowest BCUT2D eigenvalue weighted by molar-refractivity contribution is 0.0737. The van der Waals surface area contributed by atoms with Crippen molar-refractivity contribution in [3.05, 3.63) is 10.6 Å². The molecule has 1 heterocycles. The molecule has 19 heavy (non-hydrogen) atoms. The second kappa shape index (κ2) is 7.03. The van der Waals surface area contributed by atoms with E-state index in [0.29, 0.717) is 17.0 Å². The summed E-state index contributed by atoms with van der Waals surface area (Å²) < 4.78 is 3.84. The number of amides is 1. The maximum atomic E-state index is 12.5. The van der Waals surface area contributed by atoms with Crippen LogP contribution in [0.3, 0.4) is 0 Å². The SMILES string of the molecule is CCCc1nnsc1C(=O)N(CC(N)=NO)C(C)C. The van der Waals surface area contributed by atoms with Gasteiger partial charge >= 0.3 is 0 Å². The van der Waals surface area contributed by atoms with Crippen molar-refractivity contribution in [2.45, 2.75) is 39.7 Å². The lowest BCUT2D eigenvalue weighted by atomic mass is 10.2. The van der Waals surface area contributed by atoms with E-state index in [4.69, 9.17) is 10.9 Å². The average Bonchev–Trinajstić information content (AvgIpc) is 2.83. The van der Waals surface area contributed by atoms with Crippen LogP contribution in [0, 0.1) is 0 Å². The van der Waals surface area contributed by atoms with E-state index in [1.807, 2.05) is 20.8 Å². The Labute approximate surface area is 116 Å². The molecule has 1 rings (SSSR count). The molecule has 0 aliphatic rings. The normalized spacial score (nSPS) is 11.9. The number of amidine groups is 1. The first-order valence-electron chi connectivity index (χ1n) is 6.09. The zero-order valence-electron chi connectivity index (χ0n) is 11.3. The summed E-state index contributed by atoms with van der Waals surface area (Å²) in [6.45, 7) is 5.84. The Morgan fingerprint density at radius 3 is 2.79 bits per heavy atom. The maximum Gasteiger partial charge on any atom is 0.268 e. The zero-order valence-corrected chi connectivity index (χ0v) is 12.1. The highest BCUT2D eigenvalue weighted by molar-refractivity contribution is 7.08. The number of oxime groups is 1.